The number of nitrogens with one attached hydrogen (secondary N) is 2. The van der Waals surface area contributed by atoms with Crippen LogP contribution in [0.3, 0.4) is 0 Å². The van der Waals surface area contributed by atoms with Gasteiger partial charge in [0.05, 0.1) is 12.6 Å². The molecule has 0 aromatic heterocycles. The zero-order valence-electron chi connectivity index (χ0n) is 13.5. The third-order valence-corrected chi connectivity index (χ3v) is 4.15. The first kappa shape index (κ1) is 17.8. The fourth-order valence-corrected chi connectivity index (χ4v) is 2.74. The monoisotopic (exact) mass is 340 g/mol. The van der Waals surface area contributed by atoms with Crippen molar-refractivity contribution in [1.82, 2.24) is 15.5 Å². The summed E-state index contributed by atoms with van der Waals surface area (Å²) >= 11 is 6.04. The van der Waals surface area contributed by atoms with E-state index in [0.29, 0.717) is 6.54 Å². The molecule has 0 unspecified atom stereocenters. The lowest BCUT2D eigenvalue weighted by Crippen LogP contribution is -2.49. The SMILES string of the molecule is C[C@@H](CO)NC(=O)NCCN1CCN(c2cccc(Cl)c2)CC1. The Morgan fingerprint density at radius 2 is 2.09 bits per heavy atom. The number of carbonyl (C=O) groups excluding carboxylic acids is 1. The number of aliphatic hydroxyl groups excluding tert-OH is 1. The maximum atomic E-state index is 11.6. The number of carbonyl (C=O) groups is 1. The predicted octanol–water partition coefficient (Wildman–Crippen LogP) is 1.14. The standard InChI is InChI=1S/C16H25ClN4O2/c1-13(12-22)19-16(23)18-5-6-20-7-9-21(10-8-20)15-4-2-3-14(17)11-15/h2-4,11,13,22H,5-10,12H2,1H3,(H2,18,19,23)/t13-/m0/s1. The van der Waals surface area contributed by atoms with Crippen LogP contribution in [0.1, 0.15) is 6.92 Å². The van der Waals surface area contributed by atoms with Crippen LogP contribution in [0.2, 0.25) is 5.02 Å². The third-order valence-electron chi connectivity index (χ3n) is 3.91. The molecule has 3 N–H and O–H groups in total. The quantitative estimate of drug-likeness (QED) is 0.726. The Morgan fingerprint density at radius 1 is 1.35 bits per heavy atom. The second-order valence-electron chi connectivity index (χ2n) is 5.79. The Hall–Kier alpha value is -1.50. The van der Waals surface area contributed by atoms with Gasteiger partial charge in [-0.15, -0.1) is 0 Å². The molecule has 0 saturated carbocycles. The highest BCUT2D eigenvalue weighted by Crippen LogP contribution is 2.20. The summed E-state index contributed by atoms with van der Waals surface area (Å²) in [6.45, 7) is 6.95. The first-order valence-electron chi connectivity index (χ1n) is 7.96. The summed E-state index contributed by atoms with van der Waals surface area (Å²) in [5, 5.41) is 15.1. The molecule has 1 atom stereocenters. The molecule has 23 heavy (non-hydrogen) atoms. The molecule has 6 nitrogen and oxygen atoms in total. The van der Waals surface area contributed by atoms with Crippen LogP contribution < -0.4 is 15.5 Å². The maximum Gasteiger partial charge on any atom is 0.315 e. The Balaban J connectivity index is 1.66. The van der Waals surface area contributed by atoms with Crippen molar-refractivity contribution in [3.63, 3.8) is 0 Å². The molecule has 1 aliphatic heterocycles. The van der Waals surface area contributed by atoms with Gasteiger partial charge in [0, 0.05) is 50.0 Å². The number of urea groups is 1. The molecule has 0 aliphatic carbocycles. The van der Waals surface area contributed by atoms with Crippen molar-refractivity contribution in [3.8, 4) is 0 Å². The number of halogens is 1. The van der Waals surface area contributed by atoms with Gasteiger partial charge < -0.3 is 20.6 Å². The molecule has 0 bridgehead atoms. The van der Waals surface area contributed by atoms with Gasteiger partial charge in [-0.2, -0.15) is 0 Å². The van der Waals surface area contributed by atoms with Crippen molar-refractivity contribution in [2.45, 2.75) is 13.0 Å². The van der Waals surface area contributed by atoms with E-state index in [2.05, 4.69) is 26.5 Å². The number of piperazine rings is 1. The molecule has 7 heteroatoms. The minimum Gasteiger partial charge on any atom is -0.394 e. The van der Waals surface area contributed by atoms with Gasteiger partial charge in [-0.25, -0.2) is 4.79 Å². The zero-order valence-corrected chi connectivity index (χ0v) is 14.2. The number of hydrogen-bond acceptors (Lipinski definition) is 4. The summed E-state index contributed by atoms with van der Waals surface area (Å²) in [7, 11) is 0. The second-order valence-corrected chi connectivity index (χ2v) is 6.23. The Bertz CT molecular complexity index is 507. The summed E-state index contributed by atoms with van der Waals surface area (Å²) in [5.74, 6) is 0. The lowest BCUT2D eigenvalue weighted by atomic mass is 10.2. The number of rotatable bonds is 6. The molecule has 128 valence electrons. The van der Waals surface area contributed by atoms with E-state index in [4.69, 9.17) is 16.7 Å². The fraction of sp³-hybridized carbons (Fsp3) is 0.562. The summed E-state index contributed by atoms with van der Waals surface area (Å²) in [6, 6.07) is 7.47. The van der Waals surface area contributed by atoms with Crippen molar-refractivity contribution in [2.24, 2.45) is 0 Å². The average molecular weight is 341 g/mol. The molecule has 2 rings (SSSR count). The van der Waals surface area contributed by atoms with E-state index in [-0.39, 0.29) is 18.7 Å². The molecule has 1 aromatic rings. The maximum absolute atomic E-state index is 11.6. The van der Waals surface area contributed by atoms with E-state index in [1.807, 2.05) is 18.2 Å². The van der Waals surface area contributed by atoms with Gasteiger partial charge in [0.1, 0.15) is 0 Å². The first-order chi connectivity index (χ1) is 11.1. The van der Waals surface area contributed by atoms with Gasteiger partial charge in [-0.1, -0.05) is 17.7 Å². The minimum atomic E-state index is -0.232. The largest absolute Gasteiger partial charge is 0.394 e. The summed E-state index contributed by atoms with van der Waals surface area (Å²) in [6.07, 6.45) is 0. The molecular formula is C16H25ClN4O2. The Morgan fingerprint density at radius 3 is 2.74 bits per heavy atom. The van der Waals surface area contributed by atoms with Crippen LogP contribution in [0.4, 0.5) is 10.5 Å². The van der Waals surface area contributed by atoms with E-state index in [1.165, 1.54) is 0 Å². The van der Waals surface area contributed by atoms with Gasteiger partial charge in [0.2, 0.25) is 0 Å². The number of nitrogens with zero attached hydrogens (tertiary/aromatic N) is 2. The van der Waals surface area contributed by atoms with Crippen LogP contribution in [0.15, 0.2) is 24.3 Å². The van der Waals surface area contributed by atoms with Crippen molar-refractivity contribution in [2.75, 3.05) is 50.8 Å². The molecule has 1 aliphatic rings. The van der Waals surface area contributed by atoms with E-state index in [0.717, 1.165) is 43.4 Å². The minimum absolute atomic E-state index is 0.0567. The highest BCUT2D eigenvalue weighted by Gasteiger charge is 2.17. The van der Waals surface area contributed by atoms with Gasteiger partial charge in [0.15, 0.2) is 0 Å². The lowest BCUT2D eigenvalue weighted by molar-refractivity contribution is 0.216. The van der Waals surface area contributed by atoms with Crippen LogP contribution in [0.25, 0.3) is 0 Å². The molecule has 0 spiro atoms. The normalized spacial score (nSPS) is 16.9. The van der Waals surface area contributed by atoms with E-state index < -0.39 is 0 Å². The predicted molar refractivity (Wildman–Crippen MR) is 93.2 cm³/mol. The topological polar surface area (TPSA) is 67.8 Å². The van der Waals surface area contributed by atoms with Crippen LogP contribution in [0, 0.1) is 0 Å². The van der Waals surface area contributed by atoms with Crippen LogP contribution in [-0.4, -0.2) is 68.0 Å². The summed E-state index contributed by atoms with van der Waals surface area (Å²) < 4.78 is 0. The van der Waals surface area contributed by atoms with Crippen molar-refractivity contribution in [3.05, 3.63) is 29.3 Å². The van der Waals surface area contributed by atoms with Gasteiger partial charge in [0.25, 0.3) is 0 Å². The fourth-order valence-electron chi connectivity index (χ4n) is 2.55. The molecule has 2 amide bonds. The Kier molecular flexibility index (Phi) is 6.95. The lowest BCUT2D eigenvalue weighted by Gasteiger charge is -2.36. The van der Waals surface area contributed by atoms with Crippen molar-refractivity contribution in [1.29, 1.82) is 0 Å². The van der Waals surface area contributed by atoms with E-state index >= 15 is 0 Å². The molecular weight excluding hydrogens is 316 g/mol. The second kappa shape index (κ2) is 8.96. The molecule has 1 fully saturated rings. The van der Waals surface area contributed by atoms with Crippen LogP contribution in [0.5, 0.6) is 0 Å². The number of anilines is 1. The van der Waals surface area contributed by atoms with Crippen molar-refractivity contribution >= 4 is 23.3 Å². The Labute approximate surface area is 142 Å². The average Bonchev–Trinajstić information content (AvgIpc) is 2.55. The van der Waals surface area contributed by atoms with E-state index in [9.17, 15) is 4.79 Å². The molecule has 1 saturated heterocycles. The van der Waals surface area contributed by atoms with E-state index in [1.54, 1.807) is 6.92 Å². The summed E-state index contributed by atoms with van der Waals surface area (Å²) in [5.41, 5.74) is 1.16. The molecule has 1 heterocycles. The molecule has 0 radical (unpaired) electrons. The van der Waals surface area contributed by atoms with Gasteiger partial charge in [-0.3, -0.25) is 4.90 Å². The zero-order chi connectivity index (χ0) is 16.7. The number of amides is 2. The van der Waals surface area contributed by atoms with Crippen molar-refractivity contribution < 1.29 is 9.90 Å². The third kappa shape index (κ3) is 5.89. The number of benzene rings is 1. The van der Waals surface area contributed by atoms with Crippen LogP contribution in [-0.2, 0) is 0 Å². The number of hydrogen-bond donors (Lipinski definition) is 3. The van der Waals surface area contributed by atoms with Gasteiger partial charge >= 0.3 is 6.03 Å². The molecule has 1 aromatic carbocycles. The number of aliphatic hydroxyl groups is 1. The highest BCUT2D eigenvalue weighted by atomic mass is 35.5. The highest BCUT2D eigenvalue weighted by molar-refractivity contribution is 6.30. The smallest absolute Gasteiger partial charge is 0.315 e. The summed E-state index contributed by atoms with van der Waals surface area (Å²) in [4.78, 5) is 16.2. The van der Waals surface area contributed by atoms with Gasteiger partial charge in [-0.05, 0) is 25.1 Å². The first-order valence-corrected chi connectivity index (χ1v) is 8.34. The van der Waals surface area contributed by atoms with Crippen LogP contribution >= 0.6 is 11.6 Å².